The smallest absolute Gasteiger partial charge is 0.271 e. The first-order valence-electron chi connectivity index (χ1n) is 7.59. The van der Waals surface area contributed by atoms with E-state index in [2.05, 4.69) is 15.0 Å². The molecule has 2 amide bonds. The van der Waals surface area contributed by atoms with Crippen molar-refractivity contribution in [3.8, 4) is 0 Å². The molecule has 7 heteroatoms. The molecule has 0 radical (unpaired) electrons. The fraction of sp³-hybridized carbons (Fsp3) is 0.0556. The molecule has 1 unspecified atom stereocenters. The first-order valence-corrected chi connectivity index (χ1v) is 7.59. The molecule has 3 aromatic rings. The number of aromatic amines is 1. The molecule has 1 aliphatic rings. The summed E-state index contributed by atoms with van der Waals surface area (Å²) < 4.78 is 0. The normalized spacial score (nSPS) is 16.6. The minimum absolute atomic E-state index is 0.00658. The van der Waals surface area contributed by atoms with Crippen LogP contribution in [0.5, 0.6) is 0 Å². The maximum absolute atomic E-state index is 12.8. The summed E-state index contributed by atoms with van der Waals surface area (Å²) in [5, 5.41) is 0. The number of anilines is 1. The zero-order valence-electron chi connectivity index (χ0n) is 12.9. The van der Waals surface area contributed by atoms with Gasteiger partial charge in [-0.15, -0.1) is 0 Å². The van der Waals surface area contributed by atoms with E-state index in [0.717, 1.165) is 4.90 Å². The Morgan fingerprint density at radius 1 is 1.04 bits per heavy atom. The lowest BCUT2D eigenvalue weighted by molar-refractivity contribution is -0.121. The Labute approximate surface area is 141 Å². The van der Waals surface area contributed by atoms with Crippen molar-refractivity contribution in [1.82, 2.24) is 9.97 Å². The fourth-order valence-electron chi connectivity index (χ4n) is 2.81. The van der Waals surface area contributed by atoms with Gasteiger partial charge in [0.1, 0.15) is 11.6 Å². The third kappa shape index (κ3) is 2.42. The number of H-pyrrole nitrogens is 1. The van der Waals surface area contributed by atoms with Gasteiger partial charge in [-0.3, -0.25) is 24.3 Å². The number of imide groups is 1. The Bertz CT molecular complexity index is 1090. The number of hydrogen-bond donors (Lipinski definition) is 1. The molecule has 7 nitrogen and oxygen atoms in total. The summed E-state index contributed by atoms with van der Waals surface area (Å²) in [7, 11) is 0. The van der Waals surface area contributed by atoms with Gasteiger partial charge in [-0.2, -0.15) is 0 Å². The summed E-state index contributed by atoms with van der Waals surface area (Å²) >= 11 is 0. The lowest BCUT2D eigenvalue weighted by atomic mass is 10.1. The molecular weight excluding hydrogens is 320 g/mol. The Balaban J connectivity index is 1.89. The van der Waals surface area contributed by atoms with E-state index in [-0.39, 0.29) is 5.69 Å². The largest absolute Gasteiger partial charge is 0.319 e. The molecule has 0 saturated carbocycles. The van der Waals surface area contributed by atoms with Gasteiger partial charge in [0.25, 0.3) is 5.56 Å². The van der Waals surface area contributed by atoms with Crippen molar-refractivity contribution in [2.75, 3.05) is 4.90 Å². The molecule has 1 atom stereocenters. The Kier molecular flexibility index (Phi) is 3.46. The number of carbonyl (C=O) groups is 2. The monoisotopic (exact) mass is 332 g/mol. The third-order valence-corrected chi connectivity index (χ3v) is 4.03. The SMILES string of the molecule is O=CN1C(=O)C(c2nc3ccccc3[nH]c2=O)C=Nc2ccccc21. The number of carbonyl (C=O) groups excluding carboxylic acids is 2. The lowest BCUT2D eigenvalue weighted by Gasteiger charge is -2.18. The van der Waals surface area contributed by atoms with Gasteiger partial charge in [0.2, 0.25) is 12.3 Å². The van der Waals surface area contributed by atoms with Crippen molar-refractivity contribution >= 4 is 40.9 Å². The molecule has 1 aliphatic heterocycles. The van der Waals surface area contributed by atoms with Gasteiger partial charge in [-0.25, -0.2) is 4.98 Å². The molecule has 2 aromatic carbocycles. The summed E-state index contributed by atoms with van der Waals surface area (Å²) in [6.07, 6.45) is 1.79. The van der Waals surface area contributed by atoms with Crippen LogP contribution in [0.15, 0.2) is 58.3 Å². The van der Waals surface area contributed by atoms with E-state index in [1.165, 1.54) is 6.21 Å². The van der Waals surface area contributed by atoms with Gasteiger partial charge in [0.15, 0.2) is 0 Å². The Hall–Kier alpha value is -3.61. The van der Waals surface area contributed by atoms with Crippen LogP contribution in [-0.2, 0) is 9.59 Å². The van der Waals surface area contributed by atoms with E-state index in [9.17, 15) is 14.4 Å². The van der Waals surface area contributed by atoms with Gasteiger partial charge < -0.3 is 4.98 Å². The van der Waals surface area contributed by atoms with Gasteiger partial charge in [-0.1, -0.05) is 24.3 Å². The number of para-hydroxylation sites is 4. The lowest BCUT2D eigenvalue weighted by Crippen LogP contribution is -2.36. The summed E-state index contributed by atoms with van der Waals surface area (Å²) in [5.74, 6) is -1.62. The van der Waals surface area contributed by atoms with Crippen molar-refractivity contribution in [1.29, 1.82) is 0 Å². The zero-order valence-corrected chi connectivity index (χ0v) is 12.9. The fourth-order valence-corrected chi connectivity index (χ4v) is 2.81. The van der Waals surface area contributed by atoms with E-state index < -0.39 is 17.4 Å². The number of rotatable bonds is 2. The van der Waals surface area contributed by atoms with Crippen molar-refractivity contribution in [3.05, 3.63) is 64.6 Å². The minimum atomic E-state index is -1.05. The number of aromatic nitrogens is 2. The molecule has 1 N–H and O–H groups in total. The highest BCUT2D eigenvalue weighted by Gasteiger charge is 2.32. The summed E-state index contributed by atoms with van der Waals surface area (Å²) in [5.41, 5.74) is 1.50. The molecular formula is C18H12N4O3. The van der Waals surface area contributed by atoms with Gasteiger partial charge in [0.05, 0.1) is 22.4 Å². The van der Waals surface area contributed by atoms with E-state index in [1.54, 1.807) is 48.5 Å². The van der Waals surface area contributed by atoms with Crippen LogP contribution >= 0.6 is 0 Å². The van der Waals surface area contributed by atoms with Crippen LogP contribution in [-0.4, -0.2) is 28.5 Å². The molecule has 0 fully saturated rings. The molecule has 0 aliphatic carbocycles. The quantitative estimate of drug-likeness (QED) is 0.725. The number of benzene rings is 2. The second kappa shape index (κ2) is 5.79. The van der Waals surface area contributed by atoms with Crippen molar-refractivity contribution in [2.24, 2.45) is 4.99 Å². The number of nitrogens with zero attached hydrogens (tertiary/aromatic N) is 3. The van der Waals surface area contributed by atoms with Crippen LogP contribution in [0.25, 0.3) is 11.0 Å². The number of fused-ring (bicyclic) bond motifs is 2. The molecule has 2 heterocycles. The number of hydrogen-bond acceptors (Lipinski definition) is 5. The molecule has 0 bridgehead atoms. The number of amides is 2. The highest BCUT2D eigenvalue weighted by Crippen LogP contribution is 2.32. The first kappa shape index (κ1) is 14.9. The van der Waals surface area contributed by atoms with Gasteiger partial charge in [-0.05, 0) is 24.3 Å². The van der Waals surface area contributed by atoms with Crippen LogP contribution in [0.2, 0.25) is 0 Å². The number of nitrogens with one attached hydrogen (secondary N) is 1. The molecule has 25 heavy (non-hydrogen) atoms. The van der Waals surface area contributed by atoms with Crippen molar-refractivity contribution < 1.29 is 9.59 Å². The van der Waals surface area contributed by atoms with Crippen LogP contribution in [0.3, 0.4) is 0 Å². The molecule has 0 saturated heterocycles. The molecule has 122 valence electrons. The van der Waals surface area contributed by atoms with Crippen LogP contribution in [0.1, 0.15) is 11.6 Å². The second-order valence-corrected chi connectivity index (χ2v) is 5.53. The zero-order chi connectivity index (χ0) is 17.4. The summed E-state index contributed by atoms with van der Waals surface area (Å²) in [6, 6.07) is 13.8. The van der Waals surface area contributed by atoms with Crippen molar-refractivity contribution in [2.45, 2.75) is 5.92 Å². The van der Waals surface area contributed by atoms with Crippen molar-refractivity contribution in [3.63, 3.8) is 0 Å². The third-order valence-electron chi connectivity index (χ3n) is 4.03. The maximum Gasteiger partial charge on any atom is 0.271 e. The second-order valence-electron chi connectivity index (χ2n) is 5.53. The van der Waals surface area contributed by atoms with Crippen LogP contribution in [0.4, 0.5) is 11.4 Å². The topological polar surface area (TPSA) is 95.5 Å². The standard InChI is InChI=1S/C18H12N4O3/c23-10-22-15-8-4-3-7-14(15)19-9-11(18(22)25)16-17(24)21-13-6-2-1-5-12(13)20-16/h1-11H,(H,21,24). The highest BCUT2D eigenvalue weighted by atomic mass is 16.2. The minimum Gasteiger partial charge on any atom is -0.319 e. The highest BCUT2D eigenvalue weighted by molar-refractivity contribution is 6.18. The molecule has 1 aromatic heterocycles. The average Bonchev–Trinajstić information content (AvgIpc) is 2.77. The average molecular weight is 332 g/mol. The van der Waals surface area contributed by atoms with E-state index in [1.807, 2.05) is 0 Å². The van der Waals surface area contributed by atoms with E-state index in [4.69, 9.17) is 0 Å². The molecule has 4 rings (SSSR count). The predicted octanol–water partition coefficient (Wildman–Crippen LogP) is 1.91. The Morgan fingerprint density at radius 3 is 2.64 bits per heavy atom. The van der Waals surface area contributed by atoms with Crippen LogP contribution < -0.4 is 10.5 Å². The van der Waals surface area contributed by atoms with E-state index >= 15 is 0 Å². The first-order chi connectivity index (χ1) is 12.2. The number of aliphatic imine (C=N–C) groups is 1. The van der Waals surface area contributed by atoms with Crippen LogP contribution in [0, 0.1) is 0 Å². The maximum atomic E-state index is 12.8. The summed E-state index contributed by atoms with van der Waals surface area (Å²) in [6.45, 7) is 0. The van der Waals surface area contributed by atoms with E-state index in [0.29, 0.717) is 28.8 Å². The summed E-state index contributed by atoms with van der Waals surface area (Å²) in [4.78, 5) is 49.0. The van der Waals surface area contributed by atoms with Gasteiger partial charge >= 0.3 is 0 Å². The molecule has 0 spiro atoms. The van der Waals surface area contributed by atoms with Gasteiger partial charge in [0, 0.05) is 6.21 Å². The Morgan fingerprint density at radius 2 is 1.80 bits per heavy atom. The predicted molar refractivity (Wildman–Crippen MR) is 93.2 cm³/mol.